The van der Waals surface area contributed by atoms with E-state index in [4.69, 9.17) is 0 Å². The summed E-state index contributed by atoms with van der Waals surface area (Å²) in [7, 11) is 0. The Morgan fingerprint density at radius 3 is 1.14 bits per heavy atom. The molecule has 29 heavy (non-hydrogen) atoms. The highest BCUT2D eigenvalue weighted by atomic mass is 14.3. The van der Waals surface area contributed by atoms with Gasteiger partial charge in [0.2, 0.25) is 0 Å². The molecule has 0 saturated carbocycles. The van der Waals surface area contributed by atoms with Crippen LogP contribution in [0.1, 0.15) is 168 Å². The van der Waals surface area contributed by atoms with E-state index in [1.165, 1.54) is 70.6 Å². The first-order valence-electron chi connectivity index (χ1n) is 13.6. The van der Waals surface area contributed by atoms with Crippen LogP contribution in [0.3, 0.4) is 0 Å². The highest BCUT2D eigenvalue weighted by Crippen LogP contribution is 2.41. The summed E-state index contributed by atoms with van der Waals surface area (Å²) >= 11 is 0. The zero-order valence-corrected chi connectivity index (χ0v) is 23.9. The van der Waals surface area contributed by atoms with Crippen molar-refractivity contribution in [3.8, 4) is 0 Å². The molecule has 0 N–H and O–H groups in total. The standard InChI is InChI=1S/C15H32.C7H16.C5H12.C2H6/c1-7-14(6,8-2)12-13-15(9-3,10-4)11-5;1-4-6-7(3)5-2;1-4-5(2)3;1-2/h7-13H2,1-6H3;7H,4-6H2,1-3H3;5H,4H2,1-3H3;1-2H3. The lowest BCUT2D eigenvalue weighted by molar-refractivity contribution is 0.163. The van der Waals surface area contributed by atoms with E-state index in [-0.39, 0.29) is 0 Å². The minimum atomic E-state index is 0.588. The van der Waals surface area contributed by atoms with Crippen LogP contribution in [0.25, 0.3) is 0 Å². The molecule has 0 aliphatic carbocycles. The second-order valence-corrected chi connectivity index (χ2v) is 9.68. The van der Waals surface area contributed by atoms with Crippen LogP contribution in [-0.2, 0) is 0 Å². The van der Waals surface area contributed by atoms with Crippen LogP contribution in [0, 0.1) is 22.7 Å². The predicted molar refractivity (Wildman–Crippen MR) is 142 cm³/mol. The first-order chi connectivity index (χ1) is 13.6. The van der Waals surface area contributed by atoms with Crippen molar-refractivity contribution in [1.82, 2.24) is 0 Å². The van der Waals surface area contributed by atoms with Gasteiger partial charge in [-0.05, 0) is 35.5 Å². The van der Waals surface area contributed by atoms with Crippen LogP contribution in [-0.4, -0.2) is 0 Å². The van der Waals surface area contributed by atoms with Crippen LogP contribution in [0.2, 0.25) is 0 Å². The topological polar surface area (TPSA) is 0 Å². The van der Waals surface area contributed by atoms with Crippen molar-refractivity contribution < 1.29 is 0 Å². The third-order valence-corrected chi connectivity index (χ3v) is 7.51. The molecule has 0 aliphatic rings. The van der Waals surface area contributed by atoms with Crippen molar-refractivity contribution in [3.63, 3.8) is 0 Å². The van der Waals surface area contributed by atoms with Gasteiger partial charge < -0.3 is 0 Å². The summed E-state index contributed by atoms with van der Waals surface area (Å²) in [5.74, 6) is 1.83. The molecule has 0 aliphatic heterocycles. The van der Waals surface area contributed by atoms with E-state index in [0.29, 0.717) is 10.8 Å². The Morgan fingerprint density at radius 2 is 0.966 bits per heavy atom. The zero-order chi connectivity index (χ0) is 23.9. The van der Waals surface area contributed by atoms with Crippen molar-refractivity contribution in [2.24, 2.45) is 22.7 Å². The second-order valence-electron chi connectivity index (χ2n) is 9.68. The highest BCUT2D eigenvalue weighted by molar-refractivity contribution is 4.80. The Morgan fingerprint density at radius 1 is 0.586 bits per heavy atom. The van der Waals surface area contributed by atoms with Gasteiger partial charge in [-0.15, -0.1) is 0 Å². The molecule has 0 aromatic carbocycles. The minimum Gasteiger partial charge on any atom is -0.0683 e. The van der Waals surface area contributed by atoms with Gasteiger partial charge in [0.15, 0.2) is 0 Å². The maximum Gasteiger partial charge on any atom is -0.0305 e. The average molecular weight is 415 g/mol. The summed E-state index contributed by atoms with van der Waals surface area (Å²) in [6, 6.07) is 0. The Kier molecular flexibility index (Phi) is 30.4. The molecule has 0 radical (unpaired) electrons. The summed E-state index contributed by atoms with van der Waals surface area (Å²) in [6.45, 7) is 31.7. The van der Waals surface area contributed by atoms with Crippen LogP contribution < -0.4 is 0 Å². The minimum absolute atomic E-state index is 0.588. The van der Waals surface area contributed by atoms with Crippen molar-refractivity contribution >= 4 is 0 Å². The predicted octanol–water partition coefficient (Wildman–Crippen LogP) is 11.7. The summed E-state index contributed by atoms with van der Waals surface area (Å²) in [5.41, 5.74) is 1.22. The number of hydrogen-bond donors (Lipinski definition) is 0. The van der Waals surface area contributed by atoms with E-state index < -0.39 is 0 Å². The van der Waals surface area contributed by atoms with Crippen LogP contribution in [0.5, 0.6) is 0 Å². The van der Waals surface area contributed by atoms with Crippen molar-refractivity contribution in [1.29, 1.82) is 0 Å². The average Bonchev–Trinajstić information content (AvgIpc) is 2.77. The SMILES string of the molecule is CC.CCC(C)(CC)CCC(CC)(CC)CC.CCC(C)C.CCCC(C)CC. The maximum atomic E-state index is 2.46. The molecule has 0 heteroatoms. The molecule has 1 atom stereocenters. The van der Waals surface area contributed by atoms with Gasteiger partial charge >= 0.3 is 0 Å². The van der Waals surface area contributed by atoms with E-state index >= 15 is 0 Å². The Hall–Kier alpha value is 0. The van der Waals surface area contributed by atoms with Crippen LogP contribution >= 0.6 is 0 Å². The van der Waals surface area contributed by atoms with E-state index in [9.17, 15) is 0 Å². The largest absolute Gasteiger partial charge is 0.0683 e. The van der Waals surface area contributed by atoms with Gasteiger partial charge in [0, 0.05) is 0 Å². The summed E-state index contributed by atoms with van der Waals surface area (Å²) in [5, 5.41) is 0. The molecular formula is C29H66. The molecule has 0 amide bonds. The molecule has 1 unspecified atom stereocenters. The molecule has 0 aromatic heterocycles. The highest BCUT2D eigenvalue weighted by Gasteiger charge is 2.28. The third-order valence-electron chi connectivity index (χ3n) is 7.51. The van der Waals surface area contributed by atoms with Crippen molar-refractivity contribution in [3.05, 3.63) is 0 Å². The van der Waals surface area contributed by atoms with Crippen LogP contribution in [0.4, 0.5) is 0 Å². The first-order valence-corrected chi connectivity index (χ1v) is 13.6. The molecule has 0 bridgehead atoms. The summed E-state index contributed by atoms with van der Waals surface area (Å²) < 4.78 is 0. The number of rotatable bonds is 12. The van der Waals surface area contributed by atoms with E-state index in [0.717, 1.165) is 11.8 Å². The Balaban J connectivity index is -0.000000185. The molecule has 0 fully saturated rings. The molecule has 0 saturated heterocycles. The van der Waals surface area contributed by atoms with Crippen molar-refractivity contribution in [2.45, 2.75) is 168 Å². The smallest absolute Gasteiger partial charge is 0.0305 e. The molecule has 182 valence electrons. The molecule has 0 heterocycles. The summed E-state index contributed by atoms with van der Waals surface area (Å²) in [6.07, 6.45) is 14.9. The molecule has 0 spiro atoms. The lowest BCUT2D eigenvalue weighted by Crippen LogP contribution is -2.23. The number of hydrogen-bond acceptors (Lipinski definition) is 0. The molecule has 0 rings (SSSR count). The normalized spacial score (nSPS) is 12.1. The fraction of sp³-hybridized carbons (Fsp3) is 1.00. The van der Waals surface area contributed by atoms with Gasteiger partial charge in [-0.25, -0.2) is 0 Å². The second kappa shape index (κ2) is 24.3. The quantitative estimate of drug-likeness (QED) is 0.298. The first kappa shape index (κ1) is 36.4. The van der Waals surface area contributed by atoms with Gasteiger partial charge in [0.05, 0.1) is 0 Å². The maximum absolute atomic E-state index is 2.46. The van der Waals surface area contributed by atoms with E-state index in [2.05, 4.69) is 83.1 Å². The van der Waals surface area contributed by atoms with Gasteiger partial charge in [0.1, 0.15) is 0 Å². The lowest BCUT2D eigenvalue weighted by Gasteiger charge is -2.35. The Labute approximate surface area is 190 Å². The van der Waals surface area contributed by atoms with Gasteiger partial charge in [-0.1, -0.05) is 155 Å². The van der Waals surface area contributed by atoms with Gasteiger partial charge in [-0.2, -0.15) is 0 Å². The van der Waals surface area contributed by atoms with E-state index in [1.54, 1.807) is 0 Å². The fourth-order valence-electron chi connectivity index (χ4n) is 3.15. The van der Waals surface area contributed by atoms with Crippen LogP contribution in [0.15, 0.2) is 0 Å². The monoisotopic (exact) mass is 415 g/mol. The van der Waals surface area contributed by atoms with Crippen molar-refractivity contribution in [2.75, 3.05) is 0 Å². The summed E-state index contributed by atoms with van der Waals surface area (Å²) in [4.78, 5) is 0. The van der Waals surface area contributed by atoms with Gasteiger partial charge in [-0.3, -0.25) is 0 Å². The Bertz CT molecular complexity index is 259. The fourth-order valence-corrected chi connectivity index (χ4v) is 3.15. The van der Waals surface area contributed by atoms with E-state index in [1.807, 2.05) is 13.8 Å². The lowest BCUT2D eigenvalue weighted by atomic mass is 9.70. The third kappa shape index (κ3) is 22.5. The zero-order valence-electron chi connectivity index (χ0n) is 23.9. The molecule has 0 nitrogen and oxygen atoms in total. The molecular weight excluding hydrogens is 348 g/mol. The van der Waals surface area contributed by atoms with Gasteiger partial charge in [0.25, 0.3) is 0 Å². The molecule has 0 aromatic rings.